The van der Waals surface area contributed by atoms with Crippen LogP contribution in [0.5, 0.6) is 0 Å². The molecule has 1 unspecified atom stereocenters. The second-order valence-electron chi connectivity index (χ2n) is 5.75. The van der Waals surface area contributed by atoms with Gasteiger partial charge in [-0.05, 0) is 24.3 Å². The molecule has 0 aliphatic heterocycles. The Bertz CT molecular complexity index is 347. The van der Waals surface area contributed by atoms with Crippen molar-refractivity contribution in [2.24, 2.45) is 5.92 Å². The minimum absolute atomic E-state index is 0.0257. The van der Waals surface area contributed by atoms with Crippen molar-refractivity contribution in [1.29, 1.82) is 0 Å². The van der Waals surface area contributed by atoms with Gasteiger partial charge in [-0.2, -0.15) is 0 Å². The summed E-state index contributed by atoms with van der Waals surface area (Å²) in [6.07, 6.45) is 6.78. The molecular weight excluding hydrogens is 220 g/mol. The van der Waals surface area contributed by atoms with E-state index in [1.807, 2.05) is 0 Å². The standard InChI is InChI=1S/C17H26O/c1-3-14(4-2)16(18)17(12-8-9-13-17)15-10-6-5-7-11-15/h5-7,10-11,14,16,18H,3-4,8-9,12-13H2,1-2H3. The van der Waals surface area contributed by atoms with Gasteiger partial charge in [-0.1, -0.05) is 69.9 Å². The third-order valence-electron chi connectivity index (χ3n) is 4.91. The van der Waals surface area contributed by atoms with E-state index in [0.29, 0.717) is 5.92 Å². The molecule has 1 heteroatoms. The molecule has 0 spiro atoms. The SMILES string of the molecule is CCC(CC)C(O)C1(c2ccccc2)CCCC1. The summed E-state index contributed by atoms with van der Waals surface area (Å²) >= 11 is 0. The quantitative estimate of drug-likeness (QED) is 0.821. The molecule has 1 fully saturated rings. The molecule has 18 heavy (non-hydrogen) atoms. The predicted octanol–water partition coefficient (Wildman–Crippen LogP) is 4.30. The second-order valence-corrected chi connectivity index (χ2v) is 5.75. The summed E-state index contributed by atoms with van der Waals surface area (Å²) in [5.41, 5.74) is 1.37. The maximum Gasteiger partial charge on any atom is 0.0664 e. The molecule has 0 bridgehead atoms. The van der Waals surface area contributed by atoms with Crippen molar-refractivity contribution in [3.05, 3.63) is 35.9 Å². The summed E-state index contributed by atoms with van der Waals surface area (Å²) in [4.78, 5) is 0. The van der Waals surface area contributed by atoms with Crippen LogP contribution in [0.25, 0.3) is 0 Å². The van der Waals surface area contributed by atoms with Crippen molar-refractivity contribution in [1.82, 2.24) is 0 Å². The highest BCUT2D eigenvalue weighted by Crippen LogP contribution is 2.46. The van der Waals surface area contributed by atoms with Gasteiger partial charge in [-0.25, -0.2) is 0 Å². The van der Waals surface area contributed by atoms with Gasteiger partial charge in [-0.3, -0.25) is 0 Å². The average molecular weight is 246 g/mol. The first-order valence-corrected chi connectivity index (χ1v) is 7.48. The molecule has 0 aromatic heterocycles. The van der Waals surface area contributed by atoms with Gasteiger partial charge >= 0.3 is 0 Å². The monoisotopic (exact) mass is 246 g/mol. The molecule has 1 aliphatic rings. The van der Waals surface area contributed by atoms with E-state index in [2.05, 4.69) is 44.2 Å². The maximum atomic E-state index is 10.9. The lowest BCUT2D eigenvalue weighted by atomic mass is 9.69. The lowest BCUT2D eigenvalue weighted by Gasteiger charge is -2.39. The summed E-state index contributed by atoms with van der Waals surface area (Å²) in [5.74, 6) is 0.434. The number of hydrogen-bond donors (Lipinski definition) is 1. The predicted molar refractivity (Wildman–Crippen MR) is 76.7 cm³/mol. The van der Waals surface area contributed by atoms with Crippen LogP contribution in [0, 0.1) is 5.92 Å². The van der Waals surface area contributed by atoms with Crippen LogP contribution in [-0.4, -0.2) is 11.2 Å². The van der Waals surface area contributed by atoms with E-state index in [-0.39, 0.29) is 11.5 Å². The second kappa shape index (κ2) is 5.88. The van der Waals surface area contributed by atoms with Gasteiger partial charge in [0, 0.05) is 5.41 Å². The molecular formula is C17H26O. The van der Waals surface area contributed by atoms with Crippen molar-refractivity contribution in [2.75, 3.05) is 0 Å². The fraction of sp³-hybridized carbons (Fsp3) is 0.647. The Morgan fingerprint density at radius 3 is 2.11 bits per heavy atom. The first kappa shape index (κ1) is 13.6. The highest BCUT2D eigenvalue weighted by molar-refractivity contribution is 5.28. The van der Waals surface area contributed by atoms with Crippen LogP contribution in [0.15, 0.2) is 30.3 Å². The van der Waals surface area contributed by atoms with E-state index in [1.165, 1.54) is 18.4 Å². The summed E-state index contributed by atoms with van der Waals surface area (Å²) in [6.45, 7) is 4.40. The molecule has 0 heterocycles. The molecule has 1 nitrogen and oxygen atoms in total. The molecule has 1 saturated carbocycles. The number of aliphatic hydroxyl groups excluding tert-OH is 1. The van der Waals surface area contributed by atoms with E-state index < -0.39 is 0 Å². The van der Waals surface area contributed by atoms with Crippen LogP contribution >= 0.6 is 0 Å². The number of aliphatic hydroxyl groups is 1. The lowest BCUT2D eigenvalue weighted by molar-refractivity contribution is 0.0257. The molecule has 1 N–H and O–H groups in total. The Morgan fingerprint density at radius 1 is 1.06 bits per heavy atom. The summed E-state index contributed by atoms with van der Waals surface area (Å²) in [6, 6.07) is 10.7. The third-order valence-corrected chi connectivity index (χ3v) is 4.91. The Balaban J connectivity index is 2.32. The van der Waals surface area contributed by atoms with Gasteiger partial charge in [0.05, 0.1) is 6.10 Å². The van der Waals surface area contributed by atoms with Crippen LogP contribution in [0.4, 0.5) is 0 Å². The molecule has 1 aromatic carbocycles. The molecule has 0 amide bonds. The van der Waals surface area contributed by atoms with Crippen LogP contribution in [0.2, 0.25) is 0 Å². The van der Waals surface area contributed by atoms with E-state index in [0.717, 1.165) is 25.7 Å². The third kappa shape index (κ3) is 2.33. The summed E-state index contributed by atoms with van der Waals surface area (Å²) in [5, 5.41) is 10.9. The zero-order chi connectivity index (χ0) is 13.0. The van der Waals surface area contributed by atoms with Crippen LogP contribution in [0.1, 0.15) is 57.9 Å². The Kier molecular flexibility index (Phi) is 4.45. The minimum atomic E-state index is -0.183. The van der Waals surface area contributed by atoms with Crippen molar-refractivity contribution in [3.8, 4) is 0 Å². The zero-order valence-corrected chi connectivity index (χ0v) is 11.7. The van der Waals surface area contributed by atoms with E-state index in [4.69, 9.17) is 0 Å². The number of benzene rings is 1. The zero-order valence-electron chi connectivity index (χ0n) is 11.7. The van der Waals surface area contributed by atoms with Gasteiger partial charge in [0.2, 0.25) is 0 Å². The van der Waals surface area contributed by atoms with Gasteiger partial charge < -0.3 is 5.11 Å². The molecule has 100 valence electrons. The smallest absolute Gasteiger partial charge is 0.0664 e. The Morgan fingerprint density at radius 2 is 1.61 bits per heavy atom. The Labute approximate surface area is 111 Å². The van der Waals surface area contributed by atoms with Gasteiger partial charge in [0.25, 0.3) is 0 Å². The van der Waals surface area contributed by atoms with E-state index in [1.54, 1.807) is 0 Å². The molecule has 1 aromatic rings. The van der Waals surface area contributed by atoms with Crippen LogP contribution in [0.3, 0.4) is 0 Å². The average Bonchev–Trinajstić information content (AvgIpc) is 2.91. The first-order valence-electron chi connectivity index (χ1n) is 7.48. The fourth-order valence-electron chi connectivity index (χ4n) is 3.72. The number of hydrogen-bond acceptors (Lipinski definition) is 1. The van der Waals surface area contributed by atoms with Crippen LogP contribution in [-0.2, 0) is 5.41 Å². The topological polar surface area (TPSA) is 20.2 Å². The normalized spacial score (nSPS) is 20.2. The van der Waals surface area contributed by atoms with Crippen molar-refractivity contribution >= 4 is 0 Å². The maximum absolute atomic E-state index is 10.9. The van der Waals surface area contributed by atoms with E-state index >= 15 is 0 Å². The molecule has 1 aliphatic carbocycles. The minimum Gasteiger partial charge on any atom is -0.392 e. The molecule has 0 saturated heterocycles. The highest BCUT2D eigenvalue weighted by atomic mass is 16.3. The van der Waals surface area contributed by atoms with Crippen molar-refractivity contribution in [3.63, 3.8) is 0 Å². The molecule has 2 rings (SSSR count). The van der Waals surface area contributed by atoms with Gasteiger partial charge in [0.1, 0.15) is 0 Å². The lowest BCUT2D eigenvalue weighted by Crippen LogP contribution is -2.42. The van der Waals surface area contributed by atoms with Crippen molar-refractivity contribution in [2.45, 2.75) is 63.9 Å². The molecule has 1 atom stereocenters. The van der Waals surface area contributed by atoms with E-state index in [9.17, 15) is 5.11 Å². The largest absolute Gasteiger partial charge is 0.392 e. The fourth-order valence-corrected chi connectivity index (χ4v) is 3.72. The summed E-state index contributed by atoms with van der Waals surface area (Å²) < 4.78 is 0. The van der Waals surface area contributed by atoms with Gasteiger partial charge in [-0.15, -0.1) is 0 Å². The number of rotatable bonds is 5. The molecule has 0 radical (unpaired) electrons. The van der Waals surface area contributed by atoms with Crippen molar-refractivity contribution < 1.29 is 5.11 Å². The van der Waals surface area contributed by atoms with Crippen LogP contribution < -0.4 is 0 Å². The van der Waals surface area contributed by atoms with Gasteiger partial charge in [0.15, 0.2) is 0 Å². The highest BCUT2D eigenvalue weighted by Gasteiger charge is 2.44. The first-order chi connectivity index (χ1) is 8.74. The Hall–Kier alpha value is -0.820. The summed E-state index contributed by atoms with van der Waals surface area (Å²) in [7, 11) is 0.